The molecule has 0 atom stereocenters. The second-order valence-electron chi connectivity index (χ2n) is 11.6. The quantitative estimate of drug-likeness (QED) is 0.271. The summed E-state index contributed by atoms with van der Waals surface area (Å²) in [5.41, 5.74) is 7.44. The van der Waals surface area contributed by atoms with Crippen LogP contribution >= 0.6 is 0 Å². The number of hydrogen-bond donors (Lipinski definition) is 0. The van der Waals surface area contributed by atoms with Crippen molar-refractivity contribution in [1.82, 2.24) is 4.90 Å². The second-order valence-corrected chi connectivity index (χ2v) is 11.6. The number of benzene rings is 2. The molecule has 5 heteroatoms. The van der Waals surface area contributed by atoms with Crippen LogP contribution in [0.3, 0.4) is 0 Å². The van der Waals surface area contributed by atoms with Crippen molar-refractivity contribution in [2.45, 2.75) is 38.5 Å². The summed E-state index contributed by atoms with van der Waals surface area (Å²) in [7, 11) is 9.83. The van der Waals surface area contributed by atoms with Gasteiger partial charge in [0.15, 0.2) is 5.71 Å². The van der Waals surface area contributed by atoms with Gasteiger partial charge in [-0.15, -0.1) is 0 Å². The zero-order chi connectivity index (χ0) is 28.4. The first kappa shape index (κ1) is 28.4. The molecule has 0 unspecified atom stereocenters. The monoisotopic (exact) mass is 526 g/mol. The maximum atomic E-state index is 5.54. The Bertz CT molecular complexity index is 1370. The summed E-state index contributed by atoms with van der Waals surface area (Å²) >= 11 is 0. The molecule has 0 saturated heterocycles. The molecule has 0 aliphatic carbocycles. The van der Waals surface area contributed by atoms with E-state index >= 15 is 0 Å². The largest absolute Gasteiger partial charge is 0.497 e. The summed E-state index contributed by atoms with van der Waals surface area (Å²) in [5, 5.41) is 0. The molecule has 0 spiro atoms. The van der Waals surface area contributed by atoms with Crippen LogP contribution in [0.25, 0.3) is 0 Å². The molecule has 2 aliphatic rings. The van der Waals surface area contributed by atoms with Gasteiger partial charge in [0.1, 0.15) is 18.5 Å². The van der Waals surface area contributed by atoms with Crippen LogP contribution in [0.15, 0.2) is 84.6 Å². The molecule has 0 saturated carbocycles. The lowest BCUT2D eigenvalue weighted by molar-refractivity contribution is -0.401. The fraction of sp³-hybridized carbons (Fsp3) is 0.382. The maximum Gasteiger partial charge on any atom is 0.209 e. The number of fused-ring (bicyclic) bond motifs is 2. The lowest BCUT2D eigenvalue weighted by Gasteiger charge is -2.28. The fourth-order valence-electron chi connectivity index (χ4n) is 5.75. The zero-order valence-electron chi connectivity index (χ0n) is 25.1. The van der Waals surface area contributed by atoms with Crippen molar-refractivity contribution in [3.05, 3.63) is 95.8 Å². The Morgan fingerprint density at radius 2 is 1.44 bits per heavy atom. The van der Waals surface area contributed by atoms with E-state index in [2.05, 4.69) is 136 Å². The minimum absolute atomic E-state index is 0.0923. The van der Waals surface area contributed by atoms with Crippen molar-refractivity contribution in [2.24, 2.45) is 0 Å². The van der Waals surface area contributed by atoms with Gasteiger partial charge in [-0.05, 0) is 69.9 Å². The van der Waals surface area contributed by atoms with Crippen LogP contribution in [0.1, 0.15) is 38.8 Å². The lowest BCUT2D eigenvalue weighted by atomic mass is 9.81. The Hall–Kier alpha value is -3.57. The highest BCUT2D eigenvalue weighted by atomic mass is 16.5. The molecule has 206 valence electrons. The molecule has 0 fully saturated rings. The summed E-state index contributed by atoms with van der Waals surface area (Å²) in [6.45, 7) is 11.0. The number of ether oxygens (including phenoxy) is 2. The van der Waals surface area contributed by atoms with Gasteiger partial charge in [0, 0.05) is 47.6 Å². The number of allylic oxidation sites excluding steroid dienone is 8. The number of likely N-dealkylation sites (N-methyl/N-ethyl adjacent to an activating group) is 1. The Morgan fingerprint density at radius 1 is 0.821 bits per heavy atom. The van der Waals surface area contributed by atoms with Gasteiger partial charge in [0.2, 0.25) is 5.69 Å². The minimum Gasteiger partial charge on any atom is -0.497 e. The van der Waals surface area contributed by atoms with Gasteiger partial charge in [-0.3, -0.25) is 0 Å². The molecular formula is C34H44N3O2+. The van der Waals surface area contributed by atoms with Gasteiger partial charge >= 0.3 is 0 Å². The highest BCUT2D eigenvalue weighted by Gasteiger charge is 2.43. The second kappa shape index (κ2) is 11.3. The topological polar surface area (TPSA) is 28.0 Å². The van der Waals surface area contributed by atoms with Crippen molar-refractivity contribution < 1.29 is 14.0 Å². The molecule has 2 aliphatic heterocycles. The van der Waals surface area contributed by atoms with Crippen LogP contribution in [0.4, 0.5) is 11.4 Å². The summed E-state index contributed by atoms with van der Waals surface area (Å²) < 4.78 is 13.3. The summed E-state index contributed by atoms with van der Waals surface area (Å²) in [6.07, 6.45) is 15.0. The fourth-order valence-corrected chi connectivity index (χ4v) is 5.75. The van der Waals surface area contributed by atoms with E-state index < -0.39 is 0 Å². The Morgan fingerprint density at radius 3 is 2.10 bits per heavy atom. The van der Waals surface area contributed by atoms with Crippen LogP contribution < -0.4 is 14.4 Å². The van der Waals surface area contributed by atoms with E-state index in [0.29, 0.717) is 0 Å². The van der Waals surface area contributed by atoms with Gasteiger partial charge in [-0.25, -0.2) is 0 Å². The Balaban J connectivity index is 1.51. The average molecular weight is 527 g/mol. The summed E-state index contributed by atoms with van der Waals surface area (Å²) in [5.74, 6) is 1.80. The first-order valence-corrected chi connectivity index (χ1v) is 13.6. The predicted octanol–water partition coefficient (Wildman–Crippen LogP) is 6.62. The molecule has 2 aromatic carbocycles. The molecule has 2 heterocycles. The van der Waals surface area contributed by atoms with Gasteiger partial charge in [0.05, 0.1) is 19.6 Å². The molecule has 0 amide bonds. The number of hydrogen-bond acceptors (Lipinski definition) is 4. The smallest absolute Gasteiger partial charge is 0.209 e. The third-order valence-electron chi connectivity index (χ3n) is 8.06. The minimum atomic E-state index is -0.114. The predicted molar refractivity (Wildman–Crippen MR) is 164 cm³/mol. The van der Waals surface area contributed by atoms with E-state index in [1.54, 1.807) is 14.2 Å². The van der Waals surface area contributed by atoms with Crippen LogP contribution in [0.5, 0.6) is 11.5 Å². The Kier molecular flexibility index (Phi) is 8.22. The molecule has 5 nitrogen and oxygen atoms in total. The lowest BCUT2D eigenvalue weighted by Crippen LogP contribution is -2.32. The van der Waals surface area contributed by atoms with Gasteiger partial charge in [-0.1, -0.05) is 44.2 Å². The van der Waals surface area contributed by atoms with Gasteiger partial charge < -0.3 is 19.3 Å². The highest BCUT2D eigenvalue weighted by Crippen LogP contribution is 2.48. The first-order valence-electron chi connectivity index (χ1n) is 13.6. The van der Waals surface area contributed by atoms with Crippen molar-refractivity contribution >= 4 is 17.1 Å². The molecular weight excluding hydrogens is 482 g/mol. The molecule has 0 N–H and O–H groups in total. The number of rotatable bonds is 9. The highest BCUT2D eigenvalue weighted by molar-refractivity contribution is 6.03. The molecule has 39 heavy (non-hydrogen) atoms. The van der Waals surface area contributed by atoms with Crippen LogP contribution in [-0.4, -0.2) is 63.6 Å². The van der Waals surface area contributed by atoms with Crippen molar-refractivity contribution in [3.8, 4) is 11.5 Å². The van der Waals surface area contributed by atoms with Crippen LogP contribution in [0, 0.1) is 0 Å². The first-order chi connectivity index (χ1) is 18.5. The number of methoxy groups -OCH3 is 2. The van der Waals surface area contributed by atoms with Crippen molar-refractivity contribution in [3.63, 3.8) is 0 Å². The third-order valence-corrected chi connectivity index (χ3v) is 8.06. The third kappa shape index (κ3) is 5.46. The van der Waals surface area contributed by atoms with E-state index in [4.69, 9.17) is 9.47 Å². The van der Waals surface area contributed by atoms with E-state index in [0.717, 1.165) is 24.6 Å². The SMILES string of the molecule is COc1ccc2c(c1)C(C)(C)C(/C=C/C=C/C=C/C=C1/N(CCN(C)C)c3ccc(OC)cc3C1(C)C)=[N+]2C. The maximum absolute atomic E-state index is 5.54. The normalized spacial score (nSPS) is 18.8. The molecule has 0 aromatic heterocycles. The molecule has 0 bridgehead atoms. The van der Waals surface area contributed by atoms with Crippen LogP contribution in [0.2, 0.25) is 0 Å². The van der Waals surface area contributed by atoms with E-state index in [9.17, 15) is 0 Å². The van der Waals surface area contributed by atoms with E-state index in [1.807, 2.05) is 6.07 Å². The van der Waals surface area contributed by atoms with Gasteiger partial charge in [-0.2, -0.15) is 4.58 Å². The van der Waals surface area contributed by atoms with Gasteiger partial charge in [0.25, 0.3) is 0 Å². The van der Waals surface area contributed by atoms with Crippen LogP contribution in [-0.2, 0) is 10.8 Å². The number of anilines is 1. The summed E-state index contributed by atoms with van der Waals surface area (Å²) in [6, 6.07) is 12.7. The molecule has 0 radical (unpaired) electrons. The van der Waals surface area contributed by atoms with E-state index in [1.165, 1.54) is 33.9 Å². The zero-order valence-corrected chi connectivity index (χ0v) is 25.1. The molecule has 4 rings (SSSR count). The summed E-state index contributed by atoms with van der Waals surface area (Å²) in [4.78, 5) is 4.68. The average Bonchev–Trinajstić information content (AvgIpc) is 3.24. The van der Waals surface area contributed by atoms with Crippen molar-refractivity contribution in [1.29, 1.82) is 0 Å². The standard InChI is InChI=1S/C34H44N3O2/c1-33(2)27-23-25(38-8)17-19-29(27)36(7)31(33)15-13-11-10-12-14-16-32-34(3,4)28-24-26(39-9)18-20-30(28)37(32)22-21-35(5)6/h10-20,23-24H,21-22H2,1-9H3/q+1. The Labute approximate surface area is 235 Å². The van der Waals surface area contributed by atoms with E-state index in [-0.39, 0.29) is 10.8 Å². The number of nitrogens with zero attached hydrogens (tertiary/aromatic N) is 3. The molecule has 2 aromatic rings. The van der Waals surface area contributed by atoms with Crippen molar-refractivity contribution in [2.75, 3.05) is 53.4 Å².